The first-order valence-electron chi connectivity index (χ1n) is 6.31. The Hall–Kier alpha value is -0.600. The third-order valence-corrected chi connectivity index (χ3v) is 4.25. The smallest absolute Gasteiger partial charge is 0.0628 e. The third-order valence-electron chi connectivity index (χ3n) is 3.31. The van der Waals surface area contributed by atoms with Crippen LogP contribution in [0.1, 0.15) is 49.4 Å². The number of nitrogens with one attached hydrogen (secondary N) is 1. The summed E-state index contributed by atoms with van der Waals surface area (Å²) in [4.78, 5) is 1.45. The fraction of sp³-hybridized carbons (Fsp3) is 0.571. The lowest BCUT2D eigenvalue weighted by atomic mass is 9.94. The van der Waals surface area contributed by atoms with E-state index in [0.717, 1.165) is 0 Å². The van der Waals surface area contributed by atoms with E-state index in [2.05, 4.69) is 36.0 Å². The molecule has 0 spiro atoms. The summed E-state index contributed by atoms with van der Waals surface area (Å²) in [6.07, 6.45) is 10.5. The van der Waals surface area contributed by atoms with E-state index >= 15 is 0 Å². The van der Waals surface area contributed by atoms with E-state index in [4.69, 9.17) is 0 Å². The van der Waals surface area contributed by atoms with Gasteiger partial charge in [0.2, 0.25) is 0 Å². The second kappa shape index (κ2) is 6.21. The molecule has 88 valence electrons. The fourth-order valence-electron chi connectivity index (χ4n) is 2.44. The molecule has 0 aliphatic heterocycles. The topological polar surface area (TPSA) is 12.0 Å². The van der Waals surface area contributed by atoms with E-state index in [1.807, 2.05) is 11.3 Å². The van der Waals surface area contributed by atoms with Gasteiger partial charge in [-0.1, -0.05) is 30.6 Å². The summed E-state index contributed by atoms with van der Waals surface area (Å²) in [6, 6.07) is 4.84. The first-order valence-corrected chi connectivity index (χ1v) is 7.19. The summed E-state index contributed by atoms with van der Waals surface area (Å²) in [7, 11) is 2.07. The van der Waals surface area contributed by atoms with Gasteiger partial charge >= 0.3 is 0 Å². The van der Waals surface area contributed by atoms with Gasteiger partial charge < -0.3 is 5.32 Å². The number of allylic oxidation sites excluding steroid dienone is 1. The SMILES string of the molecule is CNC(/C1=C/CCCCCC1)c1cccs1. The van der Waals surface area contributed by atoms with Crippen LogP contribution in [0.4, 0.5) is 0 Å². The molecule has 1 atom stereocenters. The molecule has 0 amide bonds. The van der Waals surface area contributed by atoms with Crippen LogP contribution in [0.5, 0.6) is 0 Å². The minimum atomic E-state index is 0.457. The lowest BCUT2D eigenvalue weighted by molar-refractivity contribution is 0.577. The minimum absolute atomic E-state index is 0.457. The first-order chi connectivity index (χ1) is 7.92. The molecule has 0 aromatic carbocycles. The third kappa shape index (κ3) is 2.96. The van der Waals surface area contributed by atoms with E-state index < -0.39 is 0 Å². The van der Waals surface area contributed by atoms with Crippen molar-refractivity contribution in [1.29, 1.82) is 0 Å². The maximum absolute atomic E-state index is 3.46. The Kier molecular flexibility index (Phi) is 4.61. The number of hydrogen-bond donors (Lipinski definition) is 1. The van der Waals surface area contributed by atoms with Crippen molar-refractivity contribution in [3.63, 3.8) is 0 Å². The van der Waals surface area contributed by atoms with E-state index in [-0.39, 0.29) is 0 Å². The normalized spacial score (nSPS) is 22.9. The molecule has 1 heterocycles. The zero-order chi connectivity index (χ0) is 11.2. The van der Waals surface area contributed by atoms with Crippen molar-refractivity contribution in [2.24, 2.45) is 0 Å². The van der Waals surface area contributed by atoms with E-state index in [1.165, 1.54) is 43.4 Å². The standard InChI is InChI=1S/C14H21NS/c1-15-14(13-10-7-11-16-13)12-8-5-3-2-4-6-9-12/h7-8,10-11,14-15H,2-6,9H2,1H3/b12-8+. The molecule has 1 aliphatic rings. The van der Waals surface area contributed by atoms with Crippen LogP contribution in [-0.4, -0.2) is 7.05 Å². The molecule has 16 heavy (non-hydrogen) atoms. The van der Waals surface area contributed by atoms with Crippen molar-refractivity contribution in [2.75, 3.05) is 7.05 Å². The van der Waals surface area contributed by atoms with Gasteiger partial charge in [0.25, 0.3) is 0 Å². The minimum Gasteiger partial charge on any atom is -0.309 e. The van der Waals surface area contributed by atoms with E-state index in [9.17, 15) is 0 Å². The molecule has 0 radical (unpaired) electrons. The average molecular weight is 235 g/mol. The van der Waals surface area contributed by atoms with Crippen LogP contribution in [0.25, 0.3) is 0 Å². The monoisotopic (exact) mass is 235 g/mol. The van der Waals surface area contributed by atoms with Crippen LogP contribution < -0.4 is 5.32 Å². The molecule has 1 aliphatic carbocycles. The Morgan fingerprint density at radius 3 is 2.88 bits per heavy atom. The van der Waals surface area contributed by atoms with Gasteiger partial charge in [-0.3, -0.25) is 0 Å². The van der Waals surface area contributed by atoms with Crippen molar-refractivity contribution in [3.8, 4) is 0 Å². The lowest BCUT2D eigenvalue weighted by Gasteiger charge is -2.20. The molecular weight excluding hydrogens is 214 g/mol. The molecule has 0 bridgehead atoms. The lowest BCUT2D eigenvalue weighted by Crippen LogP contribution is -2.18. The average Bonchev–Trinajstić information content (AvgIpc) is 2.75. The Balaban J connectivity index is 2.12. The fourth-order valence-corrected chi connectivity index (χ4v) is 3.32. The van der Waals surface area contributed by atoms with Crippen LogP contribution in [0, 0.1) is 0 Å². The van der Waals surface area contributed by atoms with Crippen molar-refractivity contribution >= 4 is 11.3 Å². The maximum atomic E-state index is 3.46. The summed E-state index contributed by atoms with van der Waals surface area (Å²) >= 11 is 1.86. The molecule has 1 unspecified atom stereocenters. The Morgan fingerprint density at radius 2 is 2.12 bits per heavy atom. The van der Waals surface area contributed by atoms with Crippen LogP contribution in [0.2, 0.25) is 0 Å². The number of hydrogen-bond acceptors (Lipinski definition) is 2. The quantitative estimate of drug-likeness (QED) is 0.771. The number of rotatable bonds is 3. The Labute approximate surface area is 103 Å². The molecule has 2 rings (SSSR count). The second-order valence-electron chi connectivity index (χ2n) is 4.47. The maximum Gasteiger partial charge on any atom is 0.0628 e. The zero-order valence-corrected chi connectivity index (χ0v) is 10.9. The van der Waals surface area contributed by atoms with E-state index in [0.29, 0.717) is 6.04 Å². The van der Waals surface area contributed by atoms with Crippen molar-refractivity contribution < 1.29 is 0 Å². The van der Waals surface area contributed by atoms with Crippen molar-refractivity contribution in [2.45, 2.75) is 44.6 Å². The van der Waals surface area contributed by atoms with Crippen LogP contribution in [0.3, 0.4) is 0 Å². The van der Waals surface area contributed by atoms with Crippen molar-refractivity contribution in [1.82, 2.24) is 5.32 Å². The van der Waals surface area contributed by atoms with Gasteiger partial charge in [0.1, 0.15) is 0 Å². The van der Waals surface area contributed by atoms with Gasteiger partial charge in [-0.05, 0) is 44.2 Å². The molecule has 1 nitrogen and oxygen atoms in total. The molecule has 0 fully saturated rings. The second-order valence-corrected chi connectivity index (χ2v) is 5.45. The highest BCUT2D eigenvalue weighted by Crippen LogP contribution is 2.30. The molecule has 2 heteroatoms. The summed E-state index contributed by atoms with van der Waals surface area (Å²) < 4.78 is 0. The van der Waals surface area contributed by atoms with Gasteiger partial charge in [0.15, 0.2) is 0 Å². The number of likely N-dealkylation sites (N-methyl/N-ethyl adjacent to an activating group) is 1. The predicted molar refractivity (Wildman–Crippen MR) is 71.9 cm³/mol. The molecule has 1 N–H and O–H groups in total. The van der Waals surface area contributed by atoms with Gasteiger partial charge in [0.05, 0.1) is 6.04 Å². The summed E-state index contributed by atoms with van der Waals surface area (Å²) in [5.74, 6) is 0. The van der Waals surface area contributed by atoms with E-state index in [1.54, 1.807) is 5.57 Å². The highest BCUT2D eigenvalue weighted by atomic mass is 32.1. The molecule has 1 aromatic heterocycles. The van der Waals surface area contributed by atoms with Gasteiger partial charge in [-0.25, -0.2) is 0 Å². The Bertz CT molecular complexity index is 327. The summed E-state index contributed by atoms with van der Waals surface area (Å²) in [5.41, 5.74) is 1.60. The molecule has 0 saturated heterocycles. The van der Waals surface area contributed by atoms with Crippen LogP contribution >= 0.6 is 11.3 Å². The largest absolute Gasteiger partial charge is 0.309 e. The first kappa shape index (κ1) is 11.9. The highest BCUT2D eigenvalue weighted by molar-refractivity contribution is 7.10. The van der Waals surface area contributed by atoms with Crippen LogP contribution in [-0.2, 0) is 0 Å². The summed E-state index contributed by atoms with van der Waals surface area (Å²) in [6.45, 7) is 0. The predicted octanol–water partition coefficient (Wildman–Crippen LogP) is 4.29. The van der Waals surface area contributed by atoms with Crippen molar-refractivity contribution in [3.05, 3.63) is 34.0 Å². The molecule has 0 saturated carbocycles. The Morgan fingerprint density at radius 1 is 1.25 bits per heavy atom. The highest BCUT2D eigenvalue weighted by Gasteiger charge is 2.15. The molecule has 1 aromatic rings. The van der Waals surface area contributed by atoms with Crippen LogP contribution in [0.15, 0.2) is 29.2 Å². The number of thiophene rings is 1. The van der Waals surface area contributed by atoms with Gasteiger partial charge in [-0.2, -0.15) is 0 Å². The molecular formula is C14H21NS. The van der Waals surface area contributed by atoms with Gasteiger partial charge in [0, 0.05) is 4.88 Å². The summed E-state index contributed by atoms with van der Waals surface area (Å²) in [5, 5.41) is 5.63. The van der Waals surface area contributed by atoms with Gasteiger partial charge in [-0.15, -0.1) is 11.3 Å². The zero-order valence-electron chi connectivity index (χ0n) is 10.0.